The van der Waals surface area contributed by atoms with Crippen LogP contribution in [-0.4, -0.2) is 22.7 Å². The van der Waals surface area contributed by atoms with Gasteiger partial charge in [0.2, 0.25) is 0 Å². The van der Waals surface area contributed by atoms with Gasteiger partial charge in [-0.15, -0.1) is 0 Å². The van der Waals surface area contributed by atoms with Crippen molar-refractivity contribution in [2.75, 3.05) is 7.11 Å². The summed E-state index contributed by atoms with van der Waals surface area (Å²) >= 11 is 0. The number of carbonyl (C=O) groups is 1. The van der Waals surface area contributed by atoms with Gasteiger partial charge in [0, 0.05) is 17.5 Å². The van der Waals surface area contributed by atoms with Crippen molar-refractivity contribution in [3.8, 4) is 5.75 Å². The van der Waals surface area contributed by atoms with Crippen LogP contribution in [0.5, 0.6) is 5.75 Å². The zero-order valence-corrected chi connectivity index (χ0v) is 9.88. The van der Waals surface area contributed by atoms with E-state index in [2.05, 4.69) is 5.10 Å². The van der Waals surface area contributed by atoms with Crippen LogP contribution in [0.15, 0.2) is 36.5 Å². The largest absolute Gasteiger partial charge is 0.497 e. The molecule has 0 atom stereocenters. The molecule has 0 spiro atoms. The highest BCUT2D eigenvalue weighted by molar-refractivity contribution is 5.96. The van der Waals surface area contributed by atoms with Crippen molar-refractivity contribution in [3.05, 3.63) is 47.8 Å². The quantitative estimate of drug-likeness (QED) is 0.755. The van der Waals surface area contributed by atoms with Crippen LogP contribution in [0.25, 0.3) is 0 Å². The SMILES string of the molecule is COc1cccc(C(=O)Cn2nccc2C)c1. The predicted octanol–water partition coefficient (Wildman–Crippen LogP) is 2.08. The molecule has 1 aromatic carbocycles. The number of hydrogen-bond donors (Lipinski definition) is 0. The van der Waals surface area contributed by atoms with E-state index in [-0.39, 0.29) is 12.3 Å². The normalized spacial score (nSPS) is 10.2. The third-order valence-corrected chi connectivity index (χ3v) is 2.61. The van der Waals surface area contributed by atoms with Crippen molar-refractivity contribution in [3.63, 3.8) is 0 Å². The minimum absolute atomic E-state index is 0.0238. The summed E-state index contributed by atoms with van der Waals surface area (Å²) in [4.78, 5) is 12.0. The average Bonchev–Trinajstić information content (AvgIpc) is 2.75. The molecule has 17 heavy (non-hydrogen) atoms. The maximum atomic E-state index is 12.0. The van der Waals surface area contributed by atoms with Gasteiger partial charge in [0.05, 0.1) is 7.11 Å². The Balaban J connectivity index is 2.17. The molecule has 0 saturated carbocycles. The first kappa shape index (κ1) is 11.4. The number of methoxy groups -OCH3 is 1. The van der Waals surface area contributed by atoms with Crippen LogP contribution in [0, 0.1) is 6.92 Å². The van der Waals surface area contributed by atoms with Gasteiger partial charge in [0.1, 0.15) is 12.3 Å². The second-order valence-electron chi connectivity index (χ2n) is 3.79. The lowest BCUT2D eigenvalue weighted by molar-refractivity contribution is 0.0966. The summed E-state index contributed by atoms with van der Waals surface area (Å²) in [7, 11) is 1.58. The molecule has 0 fully saturated rings. The lowest BCUT2D eigenvalue weighted by atomic mass is 10.1. The Kier molecular flexibility index (Phi) is 3.23. The molecule has 0 aliphatic rings. The molecule has 1 heterocycles. The fourth-order valence-corrected chi connectivity index (χ4v) is 1.59. The maximum absolute atomic E-state index is 12.0. The number of ether oxygens (including phenoxy) is 1. The van der Waals surface area contributed by atoms with Gasteiger partial charge < -0.3 is 4.74 Å². The summed E-state index contributed by atoms with van der Waals surface area (Å²) in [5.41, 5.74) is 1.61. The highest BCUT2D eigenvalue weighted by Crippen LogP contribution is 2.13. The van der Waals surface area contributed by atoms with Gasteiger partial charge in [-0.25, -0.2) is 0 Å². The fraction of sp³-hybridized carbons (Fsp3) is 0.231. The van der Waals surface area contributed by atoms with Crippen molar-refractivity contribution in [2.45, 2.75) is 13.5 Å². The molecule has 0 aliphatic heterocycles. The summed E-state index contributed by atoms with van der Waals surface area (Å²) in [6.45, 7) is 2.18. The topological polar surface area (TPSA) is 44.1 Å². The zero-order valence-electron chi connectivity index (χ0n) is 9.88. The molecule has 1 aromatic heterocycles. The first-order valence-electron chi connectivity index (χ1n) is 5.36. The van der Waals surface area contributed by atoms with E-state index in [9.17, 15) is 4.79 Å². The number of Topliss-reactive ketones (excluding diaryl/α,β-unsaturated/α-hetero) is 1. The average molecular weight is 230 g/mol. The molecular weight excluding hydrogens is 216 g/mol. The predicted molar refractivity (Wildman–Crippen MR) is 64.3 cm³/mol. The molecule has 0 amide bonds. The van der Waals surface area contributed by atoms with Crippen molar-refractivity contribution in [1.29, 1.82) is 0 Å². The van der Waals surface area contributed by atoms with Crippen molar-refractivity contribution >= 4 is 5.78 Å². The van der Waals surface area contributed by atoms with Crippen LogP contribution >= 0.6 is 0 Å². The molecule has 2 rings (SSSR count). The second-order valence-corrected chi connectivity index (χ2v) is 3.79. The van der Waals surface area contributed by atoms with Gasteiger partial charge in [0.25, 0.3) is 0 Å². The van der Waals surface area contributed by atoms with E-state index in [1.807, 2.05) is 25.1 Å². The van der Waals surface area contributed by atoms with Crippen molar-refractivity contribution in [2.24, 2.45) is 0 Å². The van der Waals surface area contributed by atoms with Gasteiger partial charge in [-0.3, -0.25) is 9.48 Å². The minimum atomic E-state index is 0.0238. The molecule has 4 nitrogen and oxygen atoms in total. The first-order valence-corrected chi connectivity index (χ1v) is 5.36. The monoisotopic (exact) mass is 230 g/mol. The van der Waals surface area contributed by atoms with Gasteiger partial charge >= 0.3 is 0 Å². The number of carbonyl (C=O) groups excluding carboxylic acids is 1. The summed E-state index contributed by atoms with van der Waals surface area (Å²) in [5.74, 6) is 0.712. The highest BCUT2D eigenvalue weighted by Gasteiger charge is 2.09. The Morgan fingerprint density at radius 3 is 2.88 bits per heavy atom. The molecule has 4 heteroatoms. The fourth-order valence-electron chi connectivity index (χ4n) is 1.59. The molecule has 0 N–H and O–H groups in total. The highest BCUT2D eigenvalue weighted by atomic mass is 16.5. The Bertz CT molecular complexity index is 532. The number of aromatic nitrogens is 2. The van der Waals surface area contributed by atoms with Crippen LogP contribution < -0.4 is 4.74 Å². The Morgan fingerprint density at radius 2 is 2.24 bits per heavy atom. The molecule has 0 aliphatic carbocycles. The van der Waals surface area contributed by atoms with Crippen LogP contribution in [0.2, 0.25) is 0 Å². The summed E-state index contributed by atoms with van der Waals surface area (Å²) in [6, 6.07) is 9.02. The van der Waals surface area contributed by atoms with E-state index >= 15 is 0 Å². The number of rotatable bonds is 4. The molecule has 0 unspecified atom stereocenters. The van der Waals surface area contributed by atoms with E-state index in [4.69, 9.17) is 4.74 Å². The number of hydrogen-bond acceptors (Lipinski definition) is 3. The Labute approximate surface area is 99.8 Å². The van der Waals surface area contributed by atoms with E-state index in [1.54, 1.807) is 30.1 Å². The Hall–Kier alpha value is -2.10. The van der Waals surface area contributed by atoms with Gasteiger partial charge in [-0.1, -0.05) is 12.1 Å². The lowest BCUT2D eigenvalue weighted by Gasteiger charge is -2.05. The standard InChI is InChI=1S/C13H14N2O2/c1-10-6-7-14-15(10)9-13(16)11-4-3-5-12(8-11)17-2/h3-8H,9H2,1-2H3. The molecular formula is C13H14N2O2. The number of aryl methyl sites for hydroxylation is 1. The summed E-state index contributed by atoms with van der Waals surface area (Å²) in [5, 5.41) is 4.09. The van der Waals surface area contributed by atoms with E-state index in [0.29, 0.717) is 11.3 Å². The number of ketones is 1. The molecule has 0 saturated heterocycles. The zero-order chi connectivity index (χ0) is 12.3. The summed E-state index contributed by atoms with van der Waals surface area (Å²) < 4.78 is 6.77. The van der Waals surface area contributed by atoms with E-state index in [1.165, 1.54) is 0 Å². The van der Waals surface area contributed by atoms with Gasteiger partial charge in [0.15, 0.2) is 5.78 Å². The van der Waals surface area contributed by atoms with Crippen LogP contribution in [-0.2, 0) is 6.54 Å². The molecule has 2 aromatic rings. The second kappa shape index (κ2) is 4.82. The number of benzene rings is 1. The molecule has 0 bridgehead atoms. The third kappa shape index (κ3) is 2.53. The van der Waals surface area contributed by atoms with Crippen LogP contribution in [0.1, 0.15) is 16.1 Å². The van der Waals surface area contributed by atoms with Crippen molar-refractivity contribution in [1.82, 2.24) is 9.78 Å². The van der Waals surface area contributed by atoms with Crippen LogP contribution in [0.3, 0.4) is 0 Å². The third-order valence-electron chi connectivity index (χ3n) is 2.61. The maximum Gasteiger partial charge on any atom is 0.184 e. The van der Waals surface area contributed by atoms with Crippen molar-refractivity contribution < 1.29 is 9.53 Å². The molecule has 0 radical (unpaired) electrons. The smallest absolute Gasteiger partial charge is 0.184 e. The molecule has 88 valence electrons. The minimum Gasteiger partial charge on any atom is -0.497 e. The van der Waals surface area contributed by atoms with E-state index in [0.717, 1.165) is 5.69 Å². The van der Waals surface area contributed by atoms with E-state index < -0.39 is 0 Å². The first-order chi connectivity index (χ1) is 8.20. The summed E-state index contributed by atoms with van der Waals surface area (Å²) in [6.07, 6.45) is 1.69. The van der Waals surface area contributed by atoms with Crippen LogP contribution in [0.4, 0.5) is 0 Å². The Morgan fingerprint density at radius 1 is 1.41 bits per heavy atom. The lowest BCUT2D eigenvalue weighted by Crippen LogP contribution is -2.12. The number of nitrogens with zero attached hydrogens (tertiary/aromatic N) is 2. The van der Waals surface area contributed by atoms with Gasteiger partial charge in [-0.2, -0.15) is 5.10 Å². The van der Waals surface area contributed by atoms with Gasteiger partial charge in [-0.05, 0) is 25.1 Å².